The molecule has 1 N–H and O–H groups in total. The van der Waals surface area contributed by atoms with Crippen LogP contribution in [0, 0.1) is 0 Å². The van der Waals surface area contributed by atoms with Crippen LogP contribution in [0.5, 0.6) is 0 Å². The molecule has 3 rings (SSSR count). The van der Waals surface area contributed by atoms with Crippen LogP contribution in [0.25, 0.3) is 0 Å². The van der Waals surface area contributed by atoms with Crippen molar-refractivity contribution in [1.29, 1.82) is 0 Å². The van der Waals surface area contributed by atoms with Crippen molar-refractivity contribution in [2.24, 2.45) is 0 Å². The minimum atomic E-state index is -4.45. The lowest BCUT2D eigenvalue weighted by Gasteiger charge is -2.36. The third-order valence-electron chi connectivity index (χ3n) is 4.88. The van der Waals surface area contributed by atoms with Gasteiger partial charge in [0.1, 0.15) is 6.10 Å². The number of hydrogen-bond acceptors (Lipinski definition) is 6. The van der Waals surface area contributed by atoms with E-state index in [1.807, 2.05) is 9.80 Å². The molecular formula is C17H23F3N4O3. The lowest BCUT2D eigenvalue weighted by atomic mass is 10.0. The highest BCUT2D eigenvalue weighted by Crippen LogP contribution is 2.29. The summed E-state index contributed by atoms with van der Waals surface area (Å²) in [5.74, 6) is 0.215. The number of carbonyl (C=O) groups is 1. The van der Waals surface area contributed by atoms with Gasteiger partial charge >= 0.3 is 6.18 Å². The summed E-state index contributed by atoms with van der Waals surface area (Å²) < 4.78 is 43.3. The second kappa shape index (κ2) is 7.97. The van der Waals surface area contributed by atoms with Crippen molar-refractivity contribution in [3.8, 4) is 0 Å². The Morgan fingerprint density at radius 1 is 1.22 bits per heavy atom. The van der Waals surface area contributed by atoms with E-state index >= 15 is 0 Å². The molecule has 3 heterocycles. The fraction of sp³-hybridized carbons (Fsp3) is 0.706. The molecule has 0 aromatic carbocycles. The summed E-state index contributed by atoms with van der Waals surface area (Å²) in [5.41, 5.74) is -0.868. The SMILES string of the molecule is C[C@H](O)COC1CCN(C2CCN(c3ncc(C(F)(F)F)cn3)CC2)C1=O. The van der Waals surface area contributed by atoms with E-state index in [4.69, 9.17) is 4.74 Å². The number of carbonyl (C=O) groups excluding carboxylic acids is 1. The number of aliphatic hydroxyl groups excluding tert-OH is 1. The van der Waals surface area contributed by atoms with Crippen LogP contribution < -0.4 is 4.90 Å². The number of amides is 1. The maximum absolute atomic E-state index is 12.6. The van der Waals surface area contributed by atoms with Crippen LogP contribution in [0.4, 0.5) is 19.1 Å². The number of hydrogen-bond donors (Lipinski definition) is 1. The number of nitrogens with zero attached hydrogens (tertiary/aromatic N) is 4. The third-order valence-corrected chi connectivity index (χ3v) is 4.88. The van der Waals surface area contributed by atoms with Gasteiger partial charge in [-0.3, -0.25) is 4.79 Å². The zero-order chi connectivity index (χ0) is 19.6. The smallest absolute Gasteiger partial charge is 0.391 e. The van der Waals surface area contributed by atoms with Gasteiger partial charge in [0.2, 0.25) is 5.95 Å². The second-order valence-electron chi connectivity index (χ2n) is 6.98. The average molecular weight is 388 g/mol. The van der Waals surface area contributed by atoms with Gasteiger partial charge in [-0.1, -0.05) is 0 Å². The standard InChI is InChI=1S/C17H23F3N4O3/c1-11(25)10-27-14-4-7-24(15(14)26)13-2-5-23(6-3-13)16-21-8-12(9-22-16)17(18,19)20/h8-9,11,13-14,25H,2-7,10H2,1H3/t11-,14?/m0/s1. The van der Waals surface area contributed by atoms with Gasteiger partial charge in [0.25, 0.3) is 5.91 Å². The monoisotopic (exact) mass is 388 g/mol. The number of rotatable bonds is 5. The van der Waals surface area contributed by atoms with Crippen molar-refractivity contribution in [2.75, 3.05) is 31.1 Å². The average Bonchev–Trinajstić information content (AvgIpc) is 3.00. The summed E-state index contributed by atoms with van der Waals surface area (Å²) in [6.07, 6.45) is -1.99. The number of aliphatic hydroxyl groups is 1. The molecule has 2 saturated heterocycles. The molecule has 1 aromatic heterocycles. The molecule has 0 saturated carbocycles. The Balaban J connectivity index is 1.52. The van der Waals surface area contributed by atoms with E-state index in [1.54, 1.807) is 6.92 Å². The summed E-state index contributed by atoms with van der Waals surface area (Å²) in [6, 6.07) is 0.0725. The molecule has 27 heavy (non-hydrogen) atoms. The molecule has 0 aliphatic carbocycles. The molecule has 1 amide bonds. The molecule has 0 spiro atoms. The first-order chi connectivity index (χ1) is 12.8. The number of halogens is 3. The molecule has 7 nitrogen and oxygen atoms in total. The minimum absolute atomic E-state index is 0.0557. The predicted molar refractivity (Wildman–Crippen MR) is 90.0 cm³/mol. The van der Waals surface area contributed by atoms with Crippen LogP contribution in [0.3, 0.4) is 0 Å². The molecule has 2 aliphatic rings. The summed E-state index contributed by atoms with van der Waals surface area (Å²) in [7, 11) is 0. The normalized spacial score (nSPS) is 23.1. The zero-order valence-electron chi connectivity index (χ0n) is 15.0. The van der Waals surface area contributed by atoms with Crippen molar-refractivity contribution in [3.05, 3.63) is 18.0 Å². The molecular weight excluding hydrogens is 365 g/mol. The van der Waals surface area contributed by atoms with Crippen LogP contribution in [-0.2, 0) is 15.7 Å². The van der Waals surface area contributed by atoms with Crippen LogP contribution in [0.1, 0.15) is 31.7 Å². The zero-order valence-corrected chi connectivity index (χ0v) is 15.0. The first-order valence-electron chi connectivity index (χ1n) is 9.00. The van der Waals surface area contributed by atoms with Crippen molar-refractivity contribution < 1.29 is 27.8 Å². The molecule has 0 bridgehead atoms. The largest absolute Gasteiger partial charge is 0.419 e. The van der Waals surface area contributed by atoms with E-state index in [1.165, 1.54) is 0 Å². The minimum Gasteiger partial charge on any atom is -0.391 e. The van der Waals surface area contributed by atoms with E-state index in [9.17, 15) is 23.1 Å². The summed E-state index contributed by atoms with van der Waals surface area (Å²) in [5, 5.41) is 9.28. The van der Waals surface area contributed by atoms with E-state index in [-0.39, 0.29) is 24.5 Å². The highest BCUT2D eigenvalue weighted by Gasteiger charge is 2.38. The molecule has 1 unspecified atom stereocenters. The van der Waals surface area contributed by atoms with E-state index in [0.717, 1.165) is 12.4 Å². The Kier molecular flexibility index (Phi) is 5.85. The van der Waals surface area contributed by atoms with Crippen molar-refractivity contribution in [3.63, 3.8) is 0 Å². The molecule has 2 aliphatic heterocycles. The van der Waals surface area contributed by atoms with Crippen LogP contribution in [0.2, 0.25) is 0 Å². The molecule has 150 valence electrons. The maximum atomic E-state index is 12.6. The summed E-state index contributed by atoms with van der Waals surface area (Å²) in [4.78, 5) is 23.8. The molecule has 10 heteroatoms. The van der Waals surface area contributed by atoms with Crippen LogP contribution in [-0.4, -0.2) is 70.4 Å². The van der Waals surface area contributed by atoms with E-state index < -0.39 is 23.9 Å². The third kappa shape index (κ3) is 4.67. The predicted octanol–water partition coefficient (Wildman–Crippen LogP) is 1.46. The fourth-order valence-corrected chi connectivity index (χ4v) is 3.46. The van der Waals surface area contributed by atoms with Crippen LogP contribution in [0.15, 0.2) is 12.4 Å². The molecule has 2 atom stereocenters. The molecule has 1 aromatic rings. The van der Waals surface area contributed by atoms with E-state index in [0.29, 0.717) is 38.9 Å². The van der Waals surface area contributed by atoms with Gasteiger partial charge < -0.3 is 19.6 Å². The Morgan fingerprint density at radius 3 is 2.41 bits per heavy atom. The van der Waals surface area contributed by atoms with Gasteiger partial charge in [-0.25, -0.2) is 9.97 Å². The Morgan fingerprint density at radius 2 is 1.85 bits per heavy atom. The van der Waals surface area contributed by atoms with Crippen molar-refractivity contribution in [1.82, 2.24) is 14.9 Å². The second-order valence-corrected chi connectivity index (χ2v) is 6.98. The molecule has 0 radical (unpaired) electrons. The van der Waals surface area contributed by atoms with Gasteiger partial charge in [-0.05, 0) is 19.8 Å². The van der Waals surface area contributed by atoms with Gasteiger partial charge in [-0.2, -0.15) is 13.2 Å². The van der Waals surface area contributed by atoms with Gasteiger partial charge in [0, 0.05) is 44.5 Å². The number of likely N-dealkylation sites (tertiary alicyclic amines) is 1. The van der Waals surface area contributed by atoms with Gasteiger partial charge in [-0.15, -0.1) is 0 Å². The summed E-state index contributed by atoms with van der Waals surface area (Å²) in [6.45, 7) is 3.49. The highest BCUT2D eigenvalue weighted by molar-refractivity contribution is 5.83. The number of aromatic nitrogens is 2. The molecule has 2 fully saturated rings. The van der Waals surface area contributed by atoms with E-state index in [2.05, 4.69) is 9.97 Å². The number of anilines is 1. The lowest BCUT2D eigenvalue weighted by molar-refractivity contribution is -0.141. The van der Waals surface area contributed by atoms with Gasteiger partial charge in [0.15, 0.2) is 0 Å². The van der Waals surface area contributed by atoms with Crippen molar-refractivity contribution in [2.45, 2.75) is 50.6 Å². The topological polar surface area (TPSA) is 78.8 Å². The fourth-order valence-electron chi connectivity index (χ4n) is 3.46. The number of alkyl halides is 3. The Bertz CT molecular complexity index is 646. The summed E-state index contributed by atoms with van der Waals surface area (Å²) >= 11 is 0. The Labute approximate surface area is 155 Å². The lowest BCUT2D eigenvalue weighted by Crippen LogP contribution is -2.47. The maximum Gasteiger partial charge on any atom is 0.419 e. The number of ether oxygens (including phenoxy) is 1. The quantitative estimate of drug-likeness (QED) is 0.823. The van der Waals surface area contributed by atoms with Gasteiger partial charge in [0.05, 0.1) is 18.3 Å². The Hall–Kier alpha value is -1.94. The highest BCUT2D eigenvalue weighted by atomic mass is 19.4. The first-order valence-corrected chi connectivity index (χ1v) is 9.00. The number of piperidine rings is 1. The first kappa shape index (κ1) is 19.8. The van der Waals surface area contributed by atoms with Crippen molar-refractivity contribution >= 4 is 11.9 Å². The van der Waals surface area contributed by atoms with Crippen LogP contribution >= 0.6 is 0 Å².